The first-order chi connectivity index (χ1) is 7.13. The molecule has 0 amide bonds. The van der Waals surface area contributed by atoms with Crippen LogP contribution in [0.15, 0.2) is 12.4 Å². The van der Waals surface area contributed by atoms with E-state index in [9.17, 15) is 0 Å². The molecule has 0 aliphatic carbocycles. The van der Waals surface area contributed by atoms with E-state index in [-0.39, 0.29) is 6.04 Å². The summed E-state index contributed by atoms with van der Waals surface area (Å²) >= 11 is 0. The molecule has 4 heteroatoms. The fourth-order valence-electron chi connectivity index (χ4n) is 1.52. The van der Waals surface area contributed by atoms with E-state index in [4.69, 9.17) is 10.5 Å². The topological polar surface area (TPSA) is 53.1 Å². The lowest BCUT2D eigenvalue weighted by Crippen LogP contribution is -2.17. The van der Waals surface area contributed by atoms with Crippen LogP contribution in [-0.4, -0.2) is 29.5 Å². The van der Waals surface area contributed by atoms with Gasteiger partial charge in [0.05, 0.1) is 12.2 Å². The van der Waals surface area contributed by atoms with Crippen LogP contribution >= 0.6 is 0 Å². The summed E-state index contributed by atoms with van der Waals surface area (Å²) in [5, 5.41) is 4.33. The maximum absolute atomic E-state index is 5.73. The number of methoxy groups -OCH3 is 1. The van der Waals surface area contributed by atoms with Gasteiger partial charge in [-0.3, -0.25) is 4.68 Å². The van der Waals surface area contributed by atoms with E-state index < -0.39 is 0 Å². The molecule has 1 aromatic heterocycles. The van der Waals surface area contributed by atoms with E-state index >= 15 is 0 Å². The summed E-state index contributed by atoms with van der Waals surface area (Å²) in [5.74, 6) is 0. The highest BCUT2D eigenvalue weighted by atomic mass is 16.5. The molecule has 86 valence electrons. The molecule has 0 radical (unpaired) electrons. The zero-order chi connectivity index (χ0) is 11.3. The maximum Gasteiger partial charge on any atom is 0.0522 e. The van der Waals surface area contributed by atoms with Gasteiger partial charge in [0, 0.05) is 26.0 Å². The van der Waals surface area contributed by atoms with Crippen LogP contribution in [0.25, 0.3) is 0 Å². The predicted octanol–water partition coefficient (Wildman–Crippen LogP) is 1.37. The monoisotopic (exact) mass is 211 g/mol. The second-order valence-corrected chi connectivity index (χ2v) is 4.14. The number of hydrogen-bond acceptors (Lipinski definition) is 3. The minimum Gasteiger partial charge on any atom is -0.385 e. The van der Waals surface area contributed by atoms with Gasteiger partial charge in [0.2, 0.25) is 0 Å². The van der Waals surface area contributed by atoms with Crippen LogP contribution in [0.2, 0.25) is 0 Å². The van der Waals surface area contributed by atoms with Crippen molar-refractivity contribution in [1.29, 1.82) is 0 Å². The number of nitrogens with zero attached hydrogens (tertiary/aromatic N) is 2. The van der Waals surface area contributed by atoms with E-state index in [0.717, 1.165) is 19.4 Å². The van der Waals surface area contributed by atoms with Gasteiger partial charge in [-0.1, -0.05) is 0 Å². The molecule has 2 unspecified atom stereocenters. The fraction of sp³-hybridized carbons (Fsp3) is 0.727. The van der Waals surface area contributed by atoms with E-state index in [1.807, 2.05) is 17.8 Å². The van der Waals surface area contributed by atoms with Gasteiger partial charge in [-0.15, -0.1) is 0 Å². The number of ether oxygens (including phenoxy) is 1. The third-order valence-corrected chi connectivity index (χ3v) is 2.40. The average Bonchev–Trinajstić information content (AvgIpc) is 2.61. The van der Waals surface area contributed by atoms with Crippen molar-refractivity contribution in [2.24, 2.45) is 5.73 Å². The maximum atomic E-state index is 5.73. The Morgan fingerprint density at radius 3 is 2.87 bits per heavy atom. The van der Waals surface area contributed by atoms with Crippen molar-refractivity contribution in [2.75, 3.05) is 13.7 Å². The van der Waals surface area contributed by atoms with Crippen molar-refractivity contribution >= 4 is 0 Å². The molecule has 0 aliphatic heterocycles. The molecule has 2 atom stereocenters. The summed E-state index contributed by atoms with van der Waals surface area (Å²) in [7, 11) is 1.72. The van der Waals surface area contributed by atoms with Crippen molar-refractivity contribution in [3.05, 3.63) is 18.0 Å². The van der Waals surface area contributed by atoms with Crippen molar-refractivity contribution in [3.8, 4) is 0 Å². The van der Waals surface area contributed by atoms with Gasteiger partial charge in [-0.05, 0) is 32.3 Å². The van der Waals surface area contributed by atoms with Gasteiger partial charge in [-0.25, -0.2) is 0 Å². The van der Waals surface area contributed by atoms with Crippen LogP contribution in [0.5, 0.6) is 0 Å². The van der Waals surface area contributed by atoms with Crippen molar-refractivity contribution < 1.29 is 4.74 Å². The summed E-state index contributed by atoms with van der Waals surface area (Å²) < 4.78 is 7.03. The lowest BCUT2D eigenvalue weighted by molar-refractivity contribution is 0.178. The summed E-state index contributed by atoms with van der Waals surface area (Å²) in [6.07, 6.45) is 5.84. The second kappa shape index (κ2) is 5.88. The lowest BCUT2D eigenvalue weighted by atomic mass is 10.1. The molecule has 0 saturated heterocycles. The highest BCUT2D eigenvalue weighted by molar-refractivity contribution is 5.06. The molecule has 1 heterocycles. The summed E-state index contributed by atoms with van der Waals surface area (Å²) in [5.41, 5.74) is 6.94. The second-order valence-electron chi connectivity index (χ2n) is 4.14. The van der Waals surface area contributed by atoms with Crippen LogP contribution in [0.4, 0.5) is 0 Å². The fourth-order valence-corrected chi connectivity index (χ4v) is 1.52. The summed E-state index contributed by atoms with van der Waals surface area (Å²) in [6.45, 7) is 4.91. The van der Waals surface area contributed by atoms with Crippen LogP contribution < -0.4 is 5.73 Å². The minimum atomic E-state index is 0.192. The van der Waals surface area contributed by atoms with Gasteiger partial charge in [0.25, 0.3) is 0 Å². The molecule has 0 bridgehead atoms. The number of aromatic nitrogens is 2. The molecule has 4 nitrogen and oxygen atoms in total. The number of rotatable bonds is 6. The molecular formula is C11H21N3O. The van der Waals surface area contributed by atoms with Crippen molar-refractivity contribution in [3.63, 3.8) is 0 Å². The molecule has 0 aromatic carbocycles. The minimum absolute atomic E-state index is 0.192. The summed E-state index contributed by atoms with van der Waals surface area (Å²) in [4.78, 5) is 0. The predicted molar refractivity (Wildman–Crippen MR) is 60.8 cm³/mol. The van der Waals surface area contributed by atoms with Gasteiger partial charge in [0.1, 0.15) is 0 Å². The Kier molecular flexibility index (Phi) is 4.78. The van der Waals surface area contributed by atoms with E-state index in [0.29, 0.717) is 6.04 Å². The highest BCUT2D eigenvalue weighted by Crippen LogP contribution is 2.11. The number of nitrogens with two attached hydrogens (primary N) is 1. The third kappa shape index (κ3) is 4.01. The Balaban J connectivity index is 2.51. The Hall–Kier alpha value is -0.870. The van der Waals surface area contributed by atoms with Crippen LogP contribution in [0, 0.1) is 0 Å². The Morgan fingerprint density at radius 2 is 2.27 bits per heavy atom. The van der Waals surface area contributed by atoms with Gasteiger partial charge >= 0.3 is 0 Å². The van der Waals surface area contributed by atoms with Crippen LogP contribution in [0.1, 0.15) is 31.9 Å². The van der Waals surface area contributed by atoms with Gasteiger partial charge in [-0.2, -0.15) is 5.10 Å². The standard InChI is InChI=1S/C11H21N3O/c1-9(12)6-11-7-13-14(8-11)10(2)4-5-15-3/h7-10H,4-6,12H2,1-3H3. The normalized spacial score (nSPS) is 15.2. The first kappa shape index (κ1) is 12.2. The molecule has 1 rings (SSSR count). The smallest absolute Gasteiger partial charge is 0.0522 e. The summed E-state index contributed by atoms with van der Waals surface area (Å²) in [6, 6.07) is 0.573. The Morgan fingerprint density at radius 1 is 1.53 bits per heavy atom. The lowest BCUT2D eigenvalue weighted by Gasteiger charge is -2.10. The van der Waals surface area contributed by atoms with Crippen molar-refractivity contribution in [1.82, 2.24) is 9.78 Å². The first-order valence-electron chi connectivity index (χ1n) is 5.41. The van der Waals surface area contributed by atoms with Crippen molar-refractivity contribution in [2.45, 2.75) is 38.8 Å². The molecule has 15 heavy (non-hydrogen) atoms. The molecule has 1 aromatic rings. The Labute approximate surface area is 91.4 Å². The zero-order valence-corrected chi connectivity index (χ0v) is 9.81. The average molecular weight is 211 g/mol. The zero-order valence-electron chi connectivity index (χ0n) is 9.81. The third-order valence-electron chi connectivity index (χ3n) is 2.40. The molecule has 0 saturated carbocycles. The van der Waals surface area contributed by atoms with Gasteiger partial charge in [0.15, 0.2) is 0 Å². The van der Waals surface area contributed by atoms with E-state index in [2.05, 4.69) is 18.2 Å². The molecular weight excluding hydrogens is 190 g/mol. The molecule has 0 fully saturated rings. The first-order valence-corrected chi connectivity index (χ1v) is 5.41. The van der Waals surface area contributed by atoms with E-state index in [1.54, 1.807) is 7.11 Å². The van der Waals surface area contributed by atoms with Crippen LogP contribution in [-0.2, 0) is 11.2 Å². The SMILES string of the molecule is COCCC(C)n1cc(CC(C)N)cn1. The molecule has 2 N–H and O–H groups in total. The molecule has 0 spiro atoms. The van der Waals surface area contributed by atoms with E-state index in [1.165, 1.54) is 5.56 Å². The highest BCUT2D eigenvalue weighted by Gasteiger charge is 2.07. The number of hydrogen-bond donors (Lipinski definition) is 1. The van der Waals surface area contributed by atoms with Gasteiger partial charge < -0.3 is 10.5 Å². The quantitative estimate of drug-likeness (QED) is 0.773. The largest absolute Gasteiger partial charge is 0.385 e. The van der Waals surface area contributed by atoms with Crippen LogP contribution in [0.3, 0.4) is 0 Å². The molecule has 0 aliphatic rings. The Bertz CT molecular complexity index is 283.